The van der Waals surface area contributed by atoms with Crippen molar-refractivity contribution in [3.8, 4) is 5.75 Å². The Bertz CT molecular complexity index is 458. The Morgan fingerprint density at radius 3 is 2.35 bits per heavy atom. The topological polar surface area (TPSA) is 35.5 Å². The van der Waals surface area contributed by atoms with Crippen LogP contribution in [0.3, 0.4) is 0 Å². The third-order valence-corrected chi connectivity index (χ3v) is 4.27. The van der Waals surface area contributed by atoms with Crippen LogP contribution in [-0.4, -0.2) is 19.2 Å². The van der Waals surface area contributed by atoms with Crippen LogP contribution in [0.1, 0.15) is 45.6 Å². The molecule has 3 nitrogen and oxygen atoms in total. The summed E-state index contributed by atoms with van der Waals surface area (Å²) in [4.78, 5) is 11.7. The van der Waals surface area contributed by atoms with Gasteiger partial charge < -0.3 is 9.47 Å². The smallest absolute Gasteiger partial charge is 0.347 e. The molecule has 1 aliphatic carbocycles. The number of hydrogen-bond acceptors (Lipinski definition) is 3. The number of rotatable bonds is 6. The molecule has 0 aliphatic heterocycles. The van der Waals surface area contributed by atoms with Gasteiger partial charge in [0.25, 0.3) is 0 Å². The van der Waals surface area contributed by atoms with E-state index in [0.29, 0.717) is 5.92 Å². The van der Waals surface area contributed by atoms with E-state index in [-0.39, 0.29) is 11.4 Å². The zero-order chi connectivity index (χ0) is 14.8. The summed E-state index contributed by atoms with van der Waals surface area (Å²) in [6, 6.07) is 8.07. The Morgan fingerprint density at radius 2 is 1.90 bits per heavy atom. The zero-order valence-corrected chi connectivity index (χ0v) is 12.8. The molecular formula is C17H24O3. The Morgan fingerprint density at radius 1 is 1.30 bits per heavy atom. The van der Waals surface area contributed by atoms with Gasteiger partial charge in [0.2, 0.25) is 0 Å². The predicted octanol–water partition coefficient (Wildman–Crippen LogP) is 3.70. The van der Waals surface area contributed by atoms with Gasteiger partial charge in [-0.05, 0) is 42.4 Å². The van der Waals surface area contributed by atoms with Crippen molar-refractivity contribution >= 4 is 5.97 Å². The van der Waals surface area contributed by atoms with Gasteiger partial charge >= 0.3 is 5.97 Å². The molecule has 2 rings (SSSR count). The number of esters is 1. The van der Waals surface area contributed by atoms with Crippen LogP contribution in [-0.2, 0) is 14.9 Å². The molecule has 1 saturated carbocycles. The first-order valence-electron chi connectivity index (χ1n) is 7.33. The summed E-state index contributed by atoms with van der Waals surface area (Å²) in [5.41, 5.74) is 1.45. The first-order chi connectivity index (χ1) is 9.47. The van der Waals surface area contributed by atoms with Gasteiger partial charge in [0.15, 0.2) is 6.10 Å². The highest BCUT2D eigenvalue weighted by Crippen LogP contribution is 2.36. The number of benzene rings is 1. The maximum absolute atomic E-state index is 11.7. The van der Waals surface area contributed by atoms with Gasteiger partial charge in [-0.2, -0.15) is 0 Å². The molecule has 1 unspecified atom stereocenters. The minimum atomic E-state index is -0.454. The highest BCUT2D eigenvalue weighted by Gasteiger charge is 2.39. The van der Waals surface area contributed by atoms with E-state index < -0.39 is 6.10 Å². The van der Waals surface area contributed by atoms with Crippen LogP contribution in [0.25, 0.3) is 0 Å². The highest BCUT2D eigenvalue weighted by atomic mass is 16.6. The standard InChI is InChI=1S/C17H24O3/c1-5-17(2,3)13-8-10-14(11-9-13)20-15(12-6-7-12)16(18)19-4/h8-12,15H,5-7H2,1-4H3. The molecule has 1 aromatic carbocycles. The van der Waals surface area contributed by atoms with E-state index in [2.05, 4.69) is 32.9 Å². The second-order valence-corrected chi connectivity index (χ2v) is 6.16. The van der Waals surface area contributed by atoms with Crippen LogP contribution in [0.2, 0.25) is 0 Å². The third-order valence-electron chi connectivity index (χ3n) is 4.27. The van der Waals surface area contributed by atoms with Crippen molar-refractivity contribution in [1.82, 2.24) is 0 Å². The molecule has 20 heavy (non-hydrogen) atoms. The third kappa shape index (κ3) is 3.33. The molecule has 0 aromatic heterocycles. The lowest BCUT2D eigenvalue weighted by Crippen LogP contribution is -2.30. The number of ether oxygens (including phenoxy) is 2. The molecule has 0 amide bonds. The lowest BCUT2D eigenvalue weighted by molar-refractivity contribution is -0.149. The molecular weight excluding hydrogens is 252 g/mol. The van der Waals surface area contributed by atoms with Crippen LogP contribution in [0.4, 0.5) is 0 Å². The second-order valence-electron chi connectivity index (χ2n) is 6.16. The number of methoxy groups -OCH3 is 1. The number of carbonyl (C=O) groups excluding carboxylic acids is 1. The Balaban J connectivity index is 2.08. The largest absolute Gasteiger partial charge is 0.478 e. The van der Waals surface area contributed by atoms with Gasteiger partial charge in [-0.15, -0.1) is 0 Å². The van der Waals surface area contributed by atoms with Crippen molar-refractivity contribution in [2.45, 2.75) is 51.6 Å². The van der Waals surface area contributed by atoms with Crippen molar-refractivity contribution in [3.05, 3.63) is 29.8 Å². The van der Waals surface area contributed by atoms with Crippen LogP contribution >= 0.6 is 0 Å². The van der Waals surface area contributed by atoms with Gasteiger partial charge in [0.05, 0.1) is 7.11 Å². The second kappa shape index (κ2) is 5.86. The van der Waals surface area contributed by atoms with E-state index >= 15 is 0 Å². The molecule has 1 aliphatic rings. The highest BCUT2D eigenvalue weighted by molar-refractivity contribution is 5.75. The number of carbonyl (C=O) groups is 1. The number of hydrogen-bond donors (Lipinski definition) is 0. The molecule has 110 valence electrons. The van der Waals surface area contributed by atoms with E-state index in [1.807, 2.05) is 12.1 Å². The Kier molecular flexibility index (Phi) is 4.36. The molecule has 3 heteroatoms. The average molecular weight is 276 g/mol. The molecule has 0 N–H and O–H groups in total. The van der Waals surface area contributed by atoms with Crippen LogP contribution < -0.4 is 4.74 Å². The first kappa shape index (κ1) is 14.9. The minimum Gasteiger partial charge on any atom is -0.478 e. The van der Waals surface area contributed by atoms with Crippen LogP contribution in [0.15, 0.2) is 24.3 Å². The van der Waals surface area contributed by atoms with Crippen LogP contribution in [0.5, 0.6) is 5.75 Å². The van der Waals surface area contributed by atoms with Gasteiger partial charge in [-0.25, -0.2) is 4.79 Å². The van der Waals surface area contributed by atoms with E-state index in [9.17, 15) is 4.79 Å². The molecule has 0 radical (unpaired) electrons. The van der Waals surface area contributed by atoms with E-state index in [1.54, 1.807) is 0 Å². The van der Waals surface area contributed by atoms with Crippen molar-refractivity contribution in [2.75, 3.05) is 7.11 Å². The van der Waals surface area contributed by atoms with E-state index in [0.717, 1.165) is 25.0 Å². The molecule has 0 spiro atoms. The van der Waals surface area contributed by atoms with Crippen molar-refractivity contribution < 1.29 is 14.3 Å². The molecule has 0 heterocycles. The van der Waals surface area contributed by atoms with Gasteiger partial charge in [-0.1, -0.05) is 32.9 Å². The summed E-state index contributed by atoms with van der Waals surface area (Å²) in [6.45, 7) is 6.64. The molecule has 1 aromatic rings. The average Bonchev–Trinajstić information content (AvgIpc) is 3.29. The first-order valence-corrected chi connectivity index (χ1v) is 7.33. The van der Waals surface area contributed by atoms with Crippen molar-refractivity contribution in [3.63, 3.8) is 0 Å². The summed E-state index contributed by atoms with van der Waals surface area (Å²) < 4.78 is 10.6. The fraction of sp³-hybridized carbons (Fsp3) is 0.588. The van der Waals surface area contributed by atoms with Crippen molar-refractivity contribution in [2.24, 2.45) is 5.92 Å². The quantitative estimate of drug-likeness (QED) is 0.743. The fourth-order valence-electron chi connectivity index (χ4n) is 2.19. The zero-order valence-electron chi connectivity index (χ0n) is 12.8. The van der Waals surface area contributed by atoms with E-state index in [1.165, 1.54) is 12.7 Å². The van der Waals surface area contributed by atoms with Crippen molar-refractivity contribution in [1.29, 1.82) is 0 Å². The summed E-state index contributed by atoms with van der Waals surface area (Å²) in [6.07, 6.45) is 2.71. The molecule has 0 saturated heterocycles. The molecule has 1 atom stereocenters. The SMILES string of the molecule is CCC(C)(C)c1ccc(OC(C(=O)OC)C2CC2)cc1. The van der Waals surface area contributed by atoms with Gasteiger partial charge in [0, 0.05) is 5.92 Å². The summed E-state index contributed by atoms with van der Waals surface area (Å²) in [7, 11) is 1.41. The van der Waals surface area contributed by atoms with E-state index in [4.69, 9.17) is 9.47 Å². The summed E-state index contributed by atoms with van der Waals surface area (Å²) in [5, 5.41) is 0. The lowest BCUT2D eigenvalue weighted by Gasteiger charge is -2.24. The molecule has 1 fully saturated rings. The normalized spacial score (nSPS) is 16.6. The molecule has 0 bridgehead atoms. The summed E-state index contributed by atoms with van der Waals surface area (Å²) in [5.74, 6) is 0.780. The Labute approximate surface area is 121 Å². The van der Waals surface area contributed by atoms with Gasteiger partial charge in [-0.3, -0.25) is 0 Å². The maximum Gasteiger partial charge on any atom is 0.347 e. The lowest BCUT2D eigenvalue weighted by atomic mass is 9.82. The fourth-order valence-corrected chi connectivity index (χ4v) is 2.19. The predicted molar refractivity (Wildman–Crippen MR) is 78.9 cm³/mol. The monoisotopic (exact) mass is 276 g/mol. The van der Waals surface area contributed by atoms with Crippen LogP contribution in [0, 0.1) is 5.92 Å². The van der Waals surface area contributed by atoms with Gasteiger partial charge in [0.1, 0.15) is 5.75 Å². The maximum atomic E-state index is 11.7. The Hall–Kier alpha value is -1.51. The summed E-state index contributed by atoms with van der Waals surface area (Å²) >= 11 is 0. The minimum absolute atomic E-state index is 0.163.